The molecule has 2 aromatic rings. The number of imidazole rings is 1. The number of anilines is 1. The number of nitrogens with zero attached hydrogens (tertiary/aromatic N) is 1. The van der Waals surface area contributed by atoms with Gasteiger partial charge in [0.15, 0.2) is 0 Å². The van der Waals surface area contributed by atoms with Gasteiger partial charge in [0.25, 0.3) is 0 Å². The Morgan fingerprint density at radius 1 is 1.46 bits per heavy atom. The first-order valence-electron chi connectivity index (χ1n) is 4.22. The van der Waals surface area contributed by atoms with E-state index in [1.165, 1.54) is 0 Å². The summed E-state index contributed by atoms with van der Waals surface area (Å²) in [5, 5.41) is 3.01. The van der Waals surface area contributed by atoms with Crippen LogP contribution in [0.2, 0.25) is 0 Å². The van der Waals surface area contributed by atoms with Crippen LogP contribution in [-0.4, -0.2) is 16.1 Å². The predicted molar refractivity (Wildman–Crippen MR) is 53.4 cm³/mol. The SMILES string of the molecule is CC(N)Nc1nc2ccccc2[nH]1. The van der Waals surface area contributed by atoms with Gasteiger partial charge in [-0.25, -0.2) is 4.98 Å². The van der Waals surface area contributed by atoms with Crippen LogP contribution in [0.3, 0.4) is 0 Å². The monoisotopic (exact) mass is 176 g/mol. The van der Waals surface area contributed by atoms with Crippen LogP contribution in [0.15, 0.2) is 24.3 Å². The molecule has 0 aliphatic carbocycles. The lowest BCUT2D eigenvalue weighted by atomic mass is 10.3. The first kappa shape index (κ1) is 8.07. The number of fused-ring (bicyclic) bond motifs is 1. The van der Waals surface area contributed by atoms with Crippen LogP contribution < -0.4 is 11.1 Å². The highest BCUT2D eigenvalue weighted by molar-refractivity contribution is 5.77. The molecule has 0 radical (unpaired) electrons. The summed E-state index contributed by atoms with van der Waals surface area (Å²) >= 11 is 0. The largest absolute Gasteiger partial charge is 0.341 e. The van der Waals surface area contributed by atoms with Crippen molar-refractivity contribution < 1.29 is 0 Å². The number of nitrogens with two attached hydrogens (primary N) is 1. The Kier molecular flexibility index (Phi) is 1.90. The summed E-state index contributed by atoms with van der Waals surface area (Å²) in [6, 6.07) is 7.86. The number of aromatic nitrogens is 2. The number of hydrogen-bond donors (Lipinski definition) is 3. The van der Waals surface area contributed by atoms with Gasteiger partial charge < -0.3 is 16.0 Å². The minimum absolute atomic E-state index is 0.0967. The van der Waals surface area contributed by atoms with E-state index in [-0.39, 0.29) is 6.17 Å². The van der Waals surface area contributed by atoms with Crippen LogP contribution in [0.1, 0.15) is 6.92 Å². The average molecular weight is 176 g/mol. The number of hydrogen-bond acceptors (Lipinski definition) is 3. The van der Waals surface area contributed by atoms with E-state index in [1.54, 1.807) is 0 Å². The van der Waals surface area contributed by atoms with Gasteiger partial charge in [0.05, 0.1) is 17.2 Å². The molecule has 0 spiro atoms. The van der Waals surface area contributed by atoms with Gasteiger partial charge in [-0.2, -0.15) is 0 Å². The van der Waals surface area contributed by atoms with Gasteiger partial charge in [-0.1, -0.05) is 12.1 Å². The summed E-state index contributed by atoms with van der Waals surface area (Å²) < 4.78 is 0. The fourth-order valence-corrected chi connectivity index (χ4v) is 1.24. The van der Waals surface area contributed by atoms with Crippen molar-refractivity contribution in [1.29, 1.82) is 0 Å². The van der Waals surface area contributed by atoms with E-state index in [0.29, 0.717) is 0 Å². The van der Waals surface area contributed by atoms with Crippen LogP contribution in [0.5, 0.6) is 0 Å². The van der Waals surface area contributed by atoms with Crippen LogP contribution in [0.4, 0.5) is 5.95 Å². The summed E-state index contributed by atoms with van der Waals surface area (Å²) in [4.78, 5) is 7.43. The summed E-state index contributed by atoms with van der Waals surface area (Å²) in [6.45, 7) is 1.87. The van der Waals surface area contributed by atoms with Crippen molar-refractivity contribution in [2.75, 3.05) is 5.32 Å². The molecule has 0 aliphatic heterocycles. The van der Waals surface area contributed by atoms with Gasteiger partial charge in [-0.15, -0.1) is 0 Å². The van der Waals surface area contributed by atoms with Crippen LogP contribution in [0, 0.1) is 0 Å². The van der Waals surface area contributed by atoms with E-state index < -0.39 is 0 Å². The second-order valence-corrected chi connectivity index (χ2v) is 3.04. The third-order valence-electron chi connectivity index (χ3n) is 1.75. The van der Waals surface area contributed by atoms with E-state index in [9.17, 15) is 0 Å². The Labute approximate surface area is 76.2 Å². The van der Waals surface area contributed by atoms with Crippen molar-refractivity contribution in [3.8, 4) is 0 Å². The zero-order valence-corrected chi connectivity index (χ0v) is 7.41. The smallest absolute Gasteiger partial charge is 0.202 e. The molecule has 1 aromatic carbocycles. The normalized spacial score (nSPS) is 13.1. The number of aromatic amines is 1. The van der Waals surface area contributed by atoms with E-state index in [4.69, 9.17) is 5.73 Å². The van der Waals surface area contributed by atoms with Crippen molar-refractivity contribution >= 4 is 17.0 Å². The van der Waals surface area contributed by atoms with E-state index >= 15 is 0 Å². The number of para-hydroxylation sites is 2. The van der Waals surface area contributed by atoms with Gasteiger partial charge in [-0.05, 0) is 19.1 Å². The summed E-state index contributed by atoms with van der Waals surface area (Å²) in [7, 11) is 0. The maximum Gasteiger partial charge on any atom is 0.202 e. The molecule has 13 heavy (non-hydrogen) atoms. The van der Waals surface area contributed by atoms with Crippen molar-refractivity contribution in [2.45, 2.75) is 13.1 Å². The molecule has 68 valence electrons. The first-order chi connectivity index (χ1) is 6.25. The molecule has 4 N–H and O–H groups in total. The number of H-pyrrole nitrogens is 1. The molecule has 1 aromatic heterocycles. The molecular weight excluding hydrogens is 164 g/mol. The molecule has 1 unspecified atom stereocenters. The molecule has 0 bridgehead atoms. The lowest BCUT2D eigenvalue weighted by Crippen LogP contribution is -2.25. The van der Waals surface area contributed by atoms with Crippen molar-refractivity contribution in [3.63, 3.8) is 0 Å². The Morgan fingerprint density at radius 2 is 2.23 bits per heavy atom. The topological polar surface area (TPSA) is 66.7 Å². The third kappa shape index (κ3) is 1.62. The molecule has 1 atom stereocenters. The summed E-state index contributed by atoms with van der Waals surface area (Å²) in [6.07, 6.45) is -0.0967. The number of benzene rings is 1. The highest BCUT2D eigenvalue weighted by atomic mass is 15.2. The van der Waals surface area contributed by atoms with E-state index in [1.807, 2.05) is 31.2 Å². The Balaban J connectivity index is 2.38. The lowest BCUT2D eigenvalue weighted by molar-refractivity contribution is 0.838. The zero-order valence-electron chi connectivity index (χ0n) is 7.41. The van der Waals surface area contributed by atoms with Gasteiger partial charge in [0.2, 0.25) is 5.95 Å². The zero-order chi connectivity index (χ0) is 9.26. The maximum atomic E-state index is 5.58. The molecule has 0 saturated heterocycles. The highest BCUT2D eigenvalue weighted by Crippen LogP contribution is 2.12. The number of rotatable bonds is 2. The molecule has 0 saturated carbocycles. The molecule has 2 rings (SSSR count). The highest BCUT2D eigenvalue weighted by Gasteiger charge is 2.01. The fourth-order valence-electron chi connectivity index (χ4n) is 1.24. The first-order valence-corrected chi connectivity index (χ1v) is 4.22. The molecular formula is C9H12N4. The van der Waals surface area contributed by atoms with Gasteiger partial charge in [-0.3, -0.25) is 0 Å². The molecule has 4 nitrogen and oxygen atoms in total. The Morgan fingerprint density at radius 3 is 2.92 bits per heavy atom. The van der Waals surface area contributed by atoms with Crippen molar-refractivity contribution in [2.24, 2.45) is 5.73 Å². The second kappa shape index (κ2) is 3.06. The molecule has 0 amide bonds. The van der Waals surface area contributed by atoms with Crippen molar-refractivity contribution in [1.82, 2.24) is 9.97 Å². The third-order valence-corrected chi connectivity index (χ3v) is 1.75. The quantitative estimate of drug-likeness (QED) is 0.604. The van der Waals surface area contributed by atoms with E-state index in [0.717, 1.165) is 17.0 Å². The minimum atomic E-state index is -0.0967. The van der Waals surface area contributed by atoms with Crippen LogP contribution in [-0.2, 0) is 0 Å². The van der Waals surface area contributed by atoms with Gasteiger partial charge in [0.1, 0.15) is 0 Å². The minimum Gasteiger partial charge on any atom is -0.341 e. The average Bonchev–Trinajstić information content (AvgIpc) is 2.44. The van der Waals surface area contributed by atoms with Gasteiger partial charge >= 0.3 is 0 Å². The maximum absolute atomic E-state index is 5.58. The predicted octanol–water partition coefficient (Wildman–Crippen LogP) is 1.28. The Bertz CT molecular complexity index is 372. The molecule has 4 heteroatoms. The summed E-state index contributed by atoms with van der Waals surface area (Å²) in [5.74, 6) is 0.719. The molecule has 0 fully saturated rings. The lowest BCUT2D eigenvalue weighted by Gasteiger charge is -2.04. The van der Waals surface area contributed by atoms with Crippen molar-refractivity contribution in [3.05, 3.63) is 24.3 Å². The second-order valence-electron chi connectivity index (χ2n) is 3.04. The van der Waals surface area contributed by atoms with Gasteiger partial charge in [0, 0.05) is 0 Å². The number of nitrogens with one attached hydrogen (secondary N) is 2. The summed E-state index contributed by atoms with van der Waals surface area (Å²) in [5.41, 5.74) is 7.54. The molecule has 0 aliphatic rings. The standard InChI is InChI=1S/C9H12N4/c1-6(10)11-9-12-7-4-2-3-5-8(7)13-9/h2-6H,10H2,1H3,(H2,11,12,13). The van der Waals surface area contributed by atoms with Crippen LogP contribution >= 0.6 is 0 Å². The van der Waals surface area contributed by atoms with Crippen LogP contribution in [0.25, 0.3) is 11.0 Å². The van der Waals surface area contributed by atoms with E-state index in [2.05, 4.69) is 15.3 Å². The molecule has 1 heterocycles. The Hall–Kier alpha value is -1.55. The fraction of sp³-hybridized carbons (Fsp3) is 0.222.